The largest absolute Gasteiger partial charge is 0.489 e. The number of anilines is 1. The zero-order valence-electron chi connectivity index (χ0n) is 15.1. The molecular formula is C21H27NO2. The van der Waals surface area contributed by atoms with Crippen LogP contribution in [-0.2, 0) is 24.2 Å². The van der Waals surface area contributed by atoms with Crippen LogP contribution in [0.3, 0.4) is 0 Å². The molecule has 24 heavy (non-hydrogen) atoms. The smallest absolute Gasteiger partial charge is 0.224 e. The van der Waals surface area contributed by atoms with Crippen LogP contribution in [0.25, 0.3) is 0 Å². The van der Waals surface area contributed by atoms with E-state index < -0.39 is 0 Å². The lowest BCUT2D eigenvalue weighted by molar-refractivity contribution is -0.115. The zero-order valence-corrected chi connectivity index (χ0v) is 15.1. The van der Waals surface area contributed by atoms with E-state index in [9.17, 15) is 4.79 Å². The molecule has 0 atom stereocenters. The Hall–Kier alpha value is -2.29. The standard InChI is InChI=1S/C21H27NO2/c1-5-16-9-8-10-19(22-21(23)7-3)18(16)14-24-20-12-11-15(4)13-17(20)6-2/h8-13H,5-7,14H2,1-4H3,(H,22,23). The van der Waals surface area contributed by atoms with Gasteiger partial charge in [-0.15, -0.1) is 0 Å². The Morgan fingerprint density at radius 2 is 1.79 bits per heavy atom. The van der Waals surface area contributed by atoms with Crippen molar-refractivity contribution in [3.63, 3.8) is 0 Å². The molecule has 0 saturated carbocycles. The summed E-state index contributed by atoms with van der Waals surface area (Å²) >= 11 is 0. The number of carbonyl (C=O) groups excluding carboxylic acids is 1. The van der Waals surface area contributed by atoms with Crippen molar-refractivity contribution in [2.75, 3.05) is 5.32 Å². The molecule has 0 spiro atoms. The number of carbonyl (C=O) groups is 1. The minimum absolute atomic E-state index is 0.0223. The minimum Gasteiger partial charge on any atom is -0.489 e. The van der Waals surface area contributed by atoms with Gasteiger partial charge in [0.25, 0.3) is 0 Å². The third-order valence-electron chi connectivity index (χ3n) is 4.22. The highest BCUT2D eigenvalue weighted by molar-refractivity contribution is 5.91. The molecule has 0 aromatic heterocycles. The van der Waals surface area contributed by atoms with Crippen molar-refractivity contribution in [2.45, 2.75) is 53.6 Å². The molecule has 0 aliphatic heterocycles. The first-order chi connectivity index (χ1) is 11.6. The molecule has 2 aromatic rings. The fraction of sp³-hybridized carbons (Fsp3) is 0.381. The first kappa shape index (κ1) is 18.1. The second-order valence-corrected chi connectivity index (χ2v) is 5.95. The molecule has 2 rings (SSSR count). The summed E-state index contributed by atoms with van der Waals surface area (Å²) in [5, 5.41) is 2.99. The van der Waals surface area contributed by atoms with Crippen LogP contribution in [0.1, 0.15) is 49.4 Å². The minimum atomic E-state index is 0.0223. The van der Waals surface area contributed by atoms with Gasteiger partial charge >= 0.3 is 0 Å². The Bertz CT molecular complexity index is 707. The molecule has 1 N–H and O–H groups in total. The Labute approximate surface area is 145 Å². The average Bonchev–Trinajstić information content (AvgIpc) is 2.60. The number of nitrogens with one attached hydrogen (secondary N) is 1. The molecule has 0 radical (unpaired) electrons. The van der Waals surface area contributed by atoms with Gasteiger partial charge in [0.1, 0.15) is 12.4 Å². The Kier molecular flexibility index (Phi) is 6.42. The Balaban J connectivity index is 2.26. The Morgan fingerprint density at radius 3 is 2.46 bits per heavy atom. The van der Waals surface area contributed by atoms with Crippen molar-refractivity contribution in [2.24, 2.45) is 0 Å². The maximum atomic E-state index is 11.8. The van der Waals surface area contributed by atoms with Crippen LogP contribution in [0.4, 0.5) is 5.69 Å². The van der Waals surface area contributed by atoms with Gasteiger partial charge in [0, 0.05) is 17.7 Å². The number of hydrogen-bond acceptors (Lipinski definition) is 2. The third-order valence-corrected chi connectivity index (χ3v) is 4.22. The zero-order chi connectivity index (χ0) is 17.5. The molecule has 0 fully saturated rings. The molecule has 128 valence electrons. The molecule has 0 aliphatic rings. The van der Waals surface area contributed by atoms with Crippen LogP contribution < -0.4 is 10.1 Å². The van der Waals surface area contributed by atoms with Gasteiger partial charge in [-0.3, -0.25) is 4.79 Å². The third kappa shape index (κ3) is 4.38. The summed E-state index contributed by atoms with van der Waals surface area (Å²) in [4.78, 5) is 11.8. The predicted molar refractivity (Wildman–Crippen MR) is 99.6 cm³/mol. The first-order valence-electron chi connectivity index (χ1n) is 8.71. The van der Waals surface area contributed by atoms with Crippen LogP contribution in [0.2, 0.25) is 0 Å². The van der Waals surface area contributed by atoms with Crippen LogP contribution in [0.5, 0.6) is 5.75 Å². The van der Waals surface area contributed by atoms with Gasteiger partial charge in [-0.2, -0.15) is 0 Å². The second kappa shape index (κ2) is 8.53. The van der Waals surface area contributed by atoms with E-state index in [-0.39, 0.29) is 5.91 Å². The Morgan fingerprint density at radius 1 is 1.04 bits per heavy atom. The number of benzene rings is 2. The van der Waals surface area contributed by atoms with Crippen LogP contribution in [0, 0.1) is 6.92 Å². The van der Waals surface area contributed by atoms with Gasteiger partial charge in [-0.25, -0.2) is 0 Å². The summed E-state index contributed by atoms with van der Waals surface area (Å²) in [5.74, 6) is 0.941. The molecule has 1 amide bonds. The first-order valence-corrected chi connectivity index (χ1v) is 8.71. The van der Waals surface area contributed by atoms with E-state index >= 15 is 0 Å². The number of rotatable bonds is 7. The monoisotopic (exact) mass is 325 g/mol. The second-order valence-electron chi connectivity index (χ2n) is 5.95. The van der Waals surface area contributed by atoms with Gasteiger partial charge in [0.05, 0.1) is 0 Å². The van der Waals surface area contributed by atoms with Crippen molar-refractivity contribution in [3.8, 4) is 5.75 Å². The molecule has 3 nitrogen and oxygen atoms in total. The topological polar surface area (TPSA) is 38.3 Å². The highest BCUT2D eigenvalue weighted by Crippen LogP contribution is 2.26. The van der Waals surface area contributed by atoms with E-state index in [4.69, 9.17) is 4.74 Å². The molecule has 0 aliphatic carbocycles. The number of hydrogen-bond donors (Lipinski definition) is 1. The maximum absolute atomic E-state index is 11.8. The van der Waals surface area contributed by atoms with Crippen LogP contribution in [0.15, 0.2) is 36.4 Å². The van der Waals surface area contributed by atoms with Crippen molar-refractivity contribution >= 4 is 11.6 Å². The summed E-state index contributed by atoms with van der Waals surface area (Å²) in [5.41, 5.74) is 5.57. The van der Waals surface area contributed by atoms with E-state index in [1.165, 1.54) is 16.7 Å². The fourth-order valence-electron chi connectivity index (χ4n) is 2.77. The molecule has 0 heterocycles. The highest BCUT2D eigenvalue weighted by atomic mass is 16.5. The number of ether oxygens (including phenoxy) is 1. The normalized spacial score (nSPS) is 10.5. The van der Waals surface area contributed by atoms with E-state index in [1.54, 1.807) is 0 Å². The molecule has 3 heteroatoms. The predicted octanol–water partition coefficient (Wildman–Crippen LogP) is 5.05. The fourth-order valence-corrected chi connectivity index (χ4v) is 2.77. The summed E-state index contributed by atoms with van der Waals surface area (Å²) in [6.45, 7) is 8.66. The molecule has 0 unspecified atom stereocenters. The molecular weight excluding hydrogens is 298 g/mol. The maximum Gasteiger partial charge on any atom is 0.224 e. The van der Waals surface area contributed by atoms with Gasteiger partial charge in [0.15, 0.2) is 0 Å². The van der Waals surface area contributed by atoms with Gasteiger partial charge < -0.3 is 10.1 Å². The van der Waals surface area contributed by atoms with E-state index in [0.29, 0.717) is 13.0 Å². The van der Waals surface area contributed by atoms with Crippen LogP contribution in [-0.4, -0.2) is 5.91 Å². The summed E-state index contributed by atoms with van der Waals surface area (Å²) in [6.07, 6.45) is 2.31. The van der Waals surface area contributed by atoms with E-state index in [2.05, 4.69) is 44.3 Å². The SMILES string of the molecule is CCC(=O)Nc1cccc(CC)c1COc1ccc(C)cc1CC. The summed E-state index contributed by atoms with van der Waals surface area (Å²) < 4.78 is 6.12. The lowest BCUT2D eigenvalue weighted by Gasteiger charge is -2.17. The lowest BCUT2D eigenvalue weighted by atomic mass is 10.0. The van der Waals surface area contributed by atoms with Crippen molar-refractivity contribution in [1.29, 1.82) is 0 Å². The molecule has 0 bridgehead atoms. The van der Waals surface area contributed by atoms with Crippen molar-refractivity contribution in [1.82, 2.24) is 0 Å². The van der Waals surface area contributed by atoms with Gasteiger partial charge in [0.2, 0.25) is 5.91 Å². The van der Waals surface area contributed by atoms with Crippen molar-refractivity contribution < 1.29 is 9.53 Å². The van der Waals surface area contributed by atoms with Crippen LogP contribution >= 0.6 is 0 Å². The van der Waals surface area contributed by atoms with Gasteiger partial charge in [-0.1, -0.05) is 50.6 Å². The van der Waals surface area contributed by atoms with Crippen molar-refractivity contribution in [3.05, 3.63) is 58.7 Å². The summed E-state index contributed by atoms with van der Waals surface area (Å²) in [6, 6.07) is 12.3. The molecule has 2 aromatic carbocycles. The van der Waals surface area contributed by atoms with E-state index in [1.807, 2.05) is 25.1 Å². The number of amides is 1. The highest BCUT2D eigenvalue weighted by Gasteiger charge is 2.11. The van der Waals surface area contributed by atoms with E-state index in [0.717, 1.165) is 29.8 Å². The number of aryl methyl sites for hydroxylation is 3. The van der Waals surface area contributed by atoms with Gasteiger partial charge in [-0.05, 0) is 43.0 Å². The average molecular weight is 325 g/mol. The molecule has 0 saturated heterocycles. The lowest BCUT2D eigenvalue weighted by Crippen LogP contribution is -2.13. The summed E-state index contributed by atoms with van der Waals surface area (Å²) in [7, 11) is 0. The quantitative estimate of drug-likeness (QED) is 0.774.